The van der Waals surface area contributed by atoms with Crippen LogP contribution in [0.5, 0.6) is 0 Å². The molecule has 0 N–H and O–H groups in total. The van der Waals surface area contributed by atoms with Crippen molar-refractivity contribution < 1.29 is 47.2 Å². The largest absolute Gasteiger partial charge is 0.184 e. The van der Waals surface area contributed by atoms with E-state index in [0.29, 0.717) is 16.5 Å². The second-order valence-electron chi connectivity index (χ2n) is 9.87. The summed E-state index contributed by atoms with van der Waals surface area (Å²) < 4.78 is 79.2. The summed E-state index contributed by atoms with van der Waals surface area (Å²) >= 11 is -0.826. The fourth-order valence-electron chi connectivity index (χ4n) is 5.09. The zero-order valence-electron chi connectivity index (χ0n) is 23.0. The Bertz CT molecular complexity index is 1630. The SMILES string of the molecule is CCCc1cc2c(-c3cc(C(F)(F)F)cc(C(F)(F)F)c3)c(C)ccc2[cH-]1.[Cl][Zr+2][Cl].[c-]1cccc2c1[Si]c1ccccc1-2. The summed E-state index contributed by atoms with van der Waals surface area (Å²) in [6.45, 7) is 3.70. The summed E-state index contributed by atoms with van der Waals surface area (Å²) in [5, 5.41) is 4.31. The molecule has 1 aliphatic heterocycles. The molecule has 0 saturated heterocycles. The van der Waals surface area contributed by atoms with E-state index in [4.69, 9.17) is 17.0 Å². The minimum absolute atomic E-state index is 0.0751. The standard InChI is InChI=1S/C21H17F6.C12H7Si.2ClH.Zr/c1-3-4-13-7-14-6-5-12(2)19(18(14)8-13)15-9-16(20(22,23)24)11-17(10-15)21(25,26)27;1-3-7-11-9(5-1)10-6-2-4-8-12(10)13-11;;;/h5-11H,3-4H2,1-2H3;1-7H;2*1H;/q2*-1;;;+4/p-2. The maximum absolute atomic E-state index is 13.2. The molecule has 0 atom stereocenters. The first-order valence-corrected chi connectivity index (χ1v) is 20.5. The van der Waals surface area contributed by atoms with Crippen molar-refractivity contribution in [3.05, 3.63) is 113 Å². The van der Waals surface area contributed by atoms with Crippen molar-refractivity contribution in [2.75, 3.05) is 0 Å². The molecule has 1 heterocycles. The Morgan fingerprint density at radius 2 is 1.47 bits per heavy atom. The van der Waals surface area contributed by atoms with Crippen LogP contribution in [0.25, 0.3) is 33.0 Å². The summed E-state index contributed by atoms with van der Waals surface area (Å²) in [7, 11) is 10.7. The van der Waals surface area contributed by atoms with Crippen LogP contribution in [-0.2, 0) is 39.6 Å². The zero-order chi connectivity index (χ0) is 31.4. The number of alkyl halides is 6. The Balaban J connectivity index is 0.000000217. The normalized spacial score (nSPS) is 12.0. The minimum Gasteiger partial charge on any atom is -0.184 e. The maximum Gasteiger partial charge on any atom is 0.0920 e. The van der Waals surface area contributed by atoms with Crippen LogP contribution in [0.2, 0.25) is 0 Å². The van der Waals surface area contributed by atoms with Crippen LogP contribution in [0.15, 0.2) is 84.9 Å². The van der Waals surface area contributed by atoms with Gasteiger partial charge in [-0.15, -0.1) is 40.1 Å². The Labute approximate surface area is 267 Å². The number of halogens is 8. The number of fused-ring (bicyclic) bond motifs is 4. The van der Waals surface area contributed by atoms with Crippen molar-refractivity contribution in [3.8, 4) is 22.3 Å². The third-order valence-electron chi connectivity index (χ3n) is 6.91. The average Bonchev–Trinajstić information content (AvgIpc) is 3.54. The van der Waals surface area contributed by atoms with E-state index in [9.17, 15) is 26.3 Å². The van der Waals surface area contributed by atoms with E-state index < -0.39 is 44.3 Å². The van der Waals surface area contributed by atoms with Gasteiger partial charge in [0.25, 0.3) is 0 Å². The topological polar surface area (TPSA) is 0 Å². The molecule has 0 amide bonds. The second kappa shape index (κ2) is 14.2. The molecule has 6 rings (SSSR count). The molecule has 5 aromatic carbocycles. The smallest absolute Gasteiger partial charge is 0.0920 e. The van der Waals surface area contributed by atoms with Crippen LogP contribution in [0, 0.1) is 13.0 Å². The molecule has 0 unspecified atom stereocenters. The molecule has 220 valence electrons. The van der Waals surface area contributed by atoms with E-state index in [2.05, 4.69) is 42.5 Å². The van der Waals surface area contributed by atoms with E-state index in [0.717, 1.165) is 45.4 Å². The van der Waals surface area contributed by atoms with Crippen LogP contribution in [0.1, 0.15) is 35.6 Å². The van der Waals surface area contributed by atoms with Gasteiger partial charge in [-0.25, -0.2) is 0 Å². The fourth-order valence-corrected chi connectivity index (χ4v) is 6.40. The van der Waals surface area contributed by atoms with Crippen LogP contribution < -0.4 is 10.4 Å². The molecule has 5 aromatic rings. The molecule has 0 saturated carbocycles. The molecule has 0 aliphatic carbocycles. The Hall–Kier alpha value is -2.25. The summed E-state index contributed by atoms with van der Waals surface area (Å²) in [4.78, 5) is 0. The van der Waals surface area contributed by atoms with Gasteiger partial charge in [0.2, 0.25) is 0 Å². The zero-order valence-corrected chi connectivity index (χ0v) is 28.0. The van der Waals surface area contributed by atoms with Gasteiger partial charge in [0.05, 0.1) is 20.6 Å². The van der Waals surface area contributed by atoms with Crippen molar-refractivity contribution >= 4 is 47.7 Å². The second-order valence-corrected chi connectivity index (χ2v) is 14.9. The van der Waals surface area contributed by atoms with Gasteiger partial charge in [-0.3, -0.25) is 0 Å². The van der Waals surface area contributed by atoms with Crippen LogP contribution in [0.3, 0.4) is 0 Å². The first-order valence-electron chi connectivity index (χ1n) is 13.2. The monoisotopic (exact) mass is 722 g/mol. The number of hydrogen-bond donors (Lipinski definition) is 0. The minimum atomic E-state index is -4.86. The molecule has 0 aromatic heterocycles. The number of rotatable bonds is 3. The van der Waals surface area contributed by atoms with Crippen LogP contribution in [-0.4, -0.2) is 9.52 Å². The van der Waals surface area contributed by atoms with Gasteiger partial charge in [0.1, 0.15) is 0 Å². The van der Waals surface area contributed by atoms with Gasteiger partial charge in [0.15, 0.2) is 0 Å². The summed E-state index contributed by atoms with van der Waals surface area (Å²) in [5.41, 5.74) is 2.14. The van der Waals surface area contributed by atoms with Crippen molar-refractivity contribution in [1.82, 2.24) is 0 Å². The molecule has 0 fully saturated rings. The van der Waals surface area contributed by atoms with Gasteiger partial charge in [-0.05, 0) is 37.1 Å². The van der Waals surface area contributed by atoms with E-state index >= 15 is 0 Å². The van der Waals surface area contributed by atoms with Crippen molar-refractivity contribution in [2.45, 2.75) is 39.0 Å². The first-order chi connectivity index (χ1) is 20.4. The Kier molecular flexibility index (Phi) is 11.1. The Morgan fingerprint density at radius 3 is 2.09 bits per heavy atom. The summed E-state index contributed by atoms with van der Waals surface area (Å²) in [5.74, 6) is 0. The molecular weight excluding hydrogens is 701 g/mol. The quantitative estimate of drug-likeness (QED) is 0.0969. The molecule has 10 heteroatoms. The van der Waals surface area contributed by atoms with Gasteiger partial charge >= 0.3 is 50.2 Å². The maximum atomic E-state index is 13.2. The number of aryl methyl sites for hydroxylation is 2. The molecule has 2 radical (unpaired) electrons. The Morgan fingerprint density at radius 1 is 0.837 bits per heavy atom. The van der Waals surface area contributed by atoms with Crippen molar-refractivity contribution in [1.29, 1.82) is 0 Å². The van der Waals surface area contributed by atoms with E-state index in [1.54, 1.807) is 13.0 Å². The van der Waals surface area contributed by atoms with Crippen LogP contribution in [0.4, 0.5) is 26.3 Å². The third kappa shape index (κ3) is 8.08. The number of hydrogen-bond acceptors (Lipinski definition) is 0. The summed E-state index contributed by atoms with van der Waals surface area (Å²) in [6, 6.07) is 27.3. The fraction of sp³-hybridized carbons (Fsp3) is 0.182. The van der Waals surface area contributed by atoms with E-state index in [1.807, 2.05) is 31.2 Å². The molecule has 0 bridgehead atoms. The summed E-state index contributed by atoms with van der Waals surface area (Å²) in [6.07, 6.45) is -8.04. The van der Waals surface area contributed by atoms with Gasteiger partial charge in [-0.1, -0.05) is 59.5 Å². The number of benzene rings is 4. The van der Waals surface area contributed by atoms with E-state index in [1.165, 1.54) is 21.5 Å². The van der Waals surface area contributed by atoms with Crippen LogP contribution >= 0.6 is 17.0 Å². The molecule has 0 spiro atoms. The molecule has 1 aliphatic rings. The predicted octanol–water partition coefficient (Wildman–Crippen LogP) is 10.0. The third-order valence-corrected chi connectivity index (χ3v) is 8.28. The molecular formula is C33H24Cl2F6SiZr. The average molecular weight is 725 g/mol. The van der Waals surface area contributed by atoms with Gasteiger partial charge in [-0.2, -0.15) is 61.9 Å². The van der Waals surface area contributed by atoms with Crippen molar-refractivity contribution in [2.24, 2.45) is 0 Å². The predicted molar refractivity (Wildman–Crippen MR) is 161 cm³/mol. The van der Waals surface area contributed by atoms with E-state index in [-0.39, 0.29) is 11.6 Å². The van der Waals surface area contributed by atoms with Crippen molar-refractivity contribution in [3.63, 3.8) is 0 Å². The first kappa shape index (κ1) is 33.6. The molecule has 43 heavy (non-hydrogen) atoms. The molecule has 0 nitrogen and oxygen atoms in total. The van der Waals surface area contributed by atoms with Gasteiger partial charge in [0, 0.05) is 0 Å². The van der Waals surface area contributed by atoms with Gasteiger partial charge < -0.3 is 0 Å².